The lowest BCUT2D eigenvalue weighted by atomic mass is 9.98. The number of oxime groups is 1. The predicted molar refractivity (Wildman–Crippen MR) is 133 cm³/mol. The number of β-lactam (4-membered cyclic amide) rings is 1. The minimum Gasteiger partial charge on any atom is -0.427 e. The van der Waals surface area contributed by atoms with Crippen LogP contribution in [-0.2, 0) is 33.5 Å². The van der Waals surface area contributed by atoms with Crippen molar-refractivity contribution in [2.45, 2.75) is 39.1 Å². The van der Waals surface area contributed by atoms with Crippen LogP contribution in [-0.4, -0.2) is 70.4 Å². The van der Waals surface area contributed by atoms with Gasteiger partial charge in [-0.1, -0.05) is 17.3 Å². The second kappa shape index (κ2) is 11.1. The number of thioether (sulfide) groups is 1. The fourth-order valence-electron chi connectivity index (χ4n) is 3.28. The van der Waals surface area contributed by atoms with Crippen LogP contribution in [0, 0.1) is 5.41 Å². The molecule has 1 aromatic rings. The SMILES string of the molecule is C/C=C\C1=C(C(=O)OCOC(=O)C(C)(C)C)N2C(=O)C(NC(=O)/C(=N\OC)c3csc(N)n3)[C@H]2SC1. The number of allylic oxidation sites excluding steroid dienone is 2. The van der Waals surface area contributed by atoms with E-state index in [1.54, 1.807) is 45.2 Å². The van der Waals surface area contributed by atoms with Gasteiger partial charge in [-0.3, -0.25) is 19.3 Å². The van der Waals surface area contributed by atoms with Gasteiger partial charge in [-0.25, -0.2) is 9.78 Å². The lowest BCUT2D eigenvalue weighted by Gasteiger charge is -2.49. The molecule has 12 nitrogen and oxygen atoms in total. The molecular formula is C22H27N5O7S2. The van der Waals surface area contributed by atoms with E-state index in [-0.39, 0.29) is 22.2 Å². The zero-order chi connectivity index (χ0) is 26.6. The third kappa shape index (κ3) is 5.70. The first-order valence-corrected chi connectivity index (χ1v) is 12.7. The molecule has 2 atom stereocenters. The predicted octanol–water partition coefficient (Wildman–Crippen LogP) is 1.40. The summed E-state index contributed by atoms with van der Waals surface area (Å²) in [7, 11) is 1.28. The van der Waals surface area contributed by atoms with Crippen molar-refractivity contribution < 1.29 is 33.5 Å². The van der Waals surface area contributed by atoms with Crippen LogP contribution in [0.15, 0.2) is 34.0 Å². The molecule has 3 heterocycles. The average molecular weight is 538 g/mol. The number of carbonyl (C=O) groups is 4. The molecule has 0 bridgehead atoms. The van der Waals surface area contributed by atoms with Crippen LogP contribution in [0.3, 0.4) is 0 Å². The average Bonchev–Trinajstić information content (AvgIpc) is 3.25. The van der Waals surface area contributed by atoms with Crippen LogP contribution in [0.2, 0.25) is 0 Å². The number of esters is 2. The number of rotatable bonds is 8. The summed E-state index contributed by atoms with van der Waals surface area (Å²) < 4.78 is 10.2. The first-order valence-electron chi connectivity index (χ1n) is 10.8. The van der Waals surface area contributed by atoms with Crippen molar-refractivity contribution in [1.29, 1.82) is 0 Å². The number of nitrogen functional groups attached to an aromatic ring is 1. The number of nitrogens with zero attached hydrogens (tertiary/aromatic N) is 3. The van der Waals surface area contributed by atoms with Gasteiger partial charge in [0.1, 0.15) is 29.9 Å². The number of carbonyl (C=O) groups excluding carboxylic acids is 4. The third-order valence-corrected chi connectivity index (χ3v) is 6.98. The zero-order valence-electron chi connectivity index (χ0n) is 20.4. The summed E-state index contributed by atoms with van der Waals surface area (Å²) in [4.78, 5) is 60.9. The van der Waals surface area contributed by atoms with Crippen LogP contribution >= 0.6 is 23.1 Å². The molecule has 1 saturated heterocycles. The molecular weight excluding hydrogens is 510 g/mol. The van der Waals surface area contributed by atoms with Crippen molar-refractivity contribution >= 4 is 57.7 Å². The summed E-state index contributed by atoms with van der Waals surface area (Å²) in [5, 5.41) is 7.59. The van der Waals surface area contributed by atoms with Gasteiger partial charge in [-0.05, 0) is 33.3 Å². The molecule has 1 fully saturated rings. The fraction of sp³-hybridized carbons (Fsp3) is 0.455. The quantitative estimate of drug-likeness (QED) is 0.163. The maximum absolute atomic E-state index is 13.1. The number of aromatic nitrogens is 1. The van der Waals surface area contributed by atoms with Gasteiger partial charge in [0, 0.05) is 11.1 Å². The standard InChI is InChI=1S/C22H27N5O7S2/c1-6-7-11-8-35-18-14(25-16(28)13(26-32-5)12-9-36-21(23)24-12)17(29)27(18)15(11)19(30)33-10-34-20(31)22(2,3)4/h6-7,9,14,18H,8,10H2,1-5H3,(H2,23,24)(H,25,28)/b7-6-,26-13-/t14?,18-/m1/s1. The van der Waals surface area contributed by atoms with Crippen molar-refractivity contribution in [1.82, 2.24) is 15.2 Å². The van der Waals surface area contributed by atoms with Gasteiger partial charge in [0.15, 0.2) is 10.8 Å². The number of nitrogens with one attached hydrogen (secondary N) is 1. The maximum Gasteiger partial charge on any atom is 0.358 e. The van der Waals surface area contributed by atoms with E-state index in [4.69, 9.17) is 20.0 Å². The number of hydrogen-bond acceptors (Lipinski definition) is 12. The van der Waals surface area contributed by atoms with E-state index < -0.39 is 47.4 Å². The molecule has 1 aromatic heterocycles. The number of ether oxygens (including phenoxy) is 2. The highest BCUT2D eigenvalue weighted by molar-refractivity contribution is 8.00. The van der Waals surface area contributed by atoms with Crippen LogP contribution in [0.4, 0.5) is 5.13 Å². The molecule has 2 amide bonds. The summed E-state index contributed by atoms with van der Waals surface area (Å²) in [5.41, 5.74) is 5.57. The summed E-state index contributed by atoms with van der Waals surface area (Å²) in [6.45, 7) is 6.21. The second-order valence-corrected chi connectivity index (χ2v) is 10.7. The van der Waals surface area contributed by atoms with Crippen molar-refractivity contribution in [3.05, 3.63) is 34.5 Å². The number of thiazole rings is 1. The lowest BCUT2D eigenvalue weighted by Crippen LogP contribution is -2.71. The first kappa shape index (κ1) is 27.2. The smallest absolute Gasteiger partial charge is 0.358 e. The summed E-state index contributed by atoms with van der Waals surface area (Å²) in [5.74, 6) is -2.14. The van der Waals surface area contributed by atoms with Gasteiger partial charge < -0.3 is 25.4 Å². The van der Waals surface area contributed by atoms with E-state index in [9.17, 15) is 19.2 Å². The number of amides is 2. The van der Waals surface area contributed by atoms with Crippen molar-refractivity contribution in [2.24, 2.45) is 10.6 Å². The topological polar surface area (TPSA) is 163 Å². The Kier molecular flexibility index (Phi) is 8.40. The highest BCUT2D eigenvalue weighted by atomic mass is 32.2. The molecule has 2 aliphatic rings. The van der Waals surface area contributed by atoms with Gasteiger partial charge >= 0.3 is 11.9 Å². The van der Waals surface area contributed by atoms with Crippen LogP contribution in [0.25, 0.3) is 0 Å². The fourth-order valence-corrected chi connectivity index (χ4v) is 5.15. The molecule has 14 heteroatoms. The molecule has 1 unspecified atom stereocenters. The molecule has 3 N–H and O–H groups in total. The van der Waals surface area contributed by atoms with Gasteiger partial charge in [-0.2, -0.15) is 0 Å². The Morgan fingerprint density at radius 3 is 2.64 bits per heavy atom. The molecule has 36 heavy (non-hydrogen) atoms. The minimum atomic E-state index is -0.922. The second-order valence-electron chi connectivity index (χ2n) is 8.66. The summed E-state index contributed by atoms with van der Waals surface area (Å²) in [6, 6.07) is -0.922. The van der Waals surface area contributed by atoms with Crippen LogP contribution in [0.1, 0.15) is 33.4 Å². The van der Waals surface area contributed by atoms with Crippen molar-refractivity contribution in [2.75, 3.05) is 25.4 Å². The van der Waals surface area contributed by atoms with Gasteiger partial charge in [-0.15, -0.1) is 23.1 Å². The summed E-state index contributed by atoms with van der Waals surface area (Å²) in [6.07, 6.45) is 3.44. The molecule has 0 spiro atoms. The van der Waals surface area contributed by atoms with Crippen molar-refractivity contribution in [3.8, 4) is 0 Å². The van der Waals surface area contributed by atoms with Gasteiger partial charge in [0.05, 0.1) is 5.41 Å². The first-order chi connectivity index (χ1) is 17.0. The molecule has 0 radical (unpaired) electrons. The van der Waals surface area contributed by atoms with Gasteiger partial charge in [0.25, 0.3) is 11.8 Å². The lowest BCUT2D eigenvalue weighted by molar-refractivity contribution is -0.173. The number of anilines is 1. The highest BCUT2D eigenvalue weighted by Gasteiger charge is 2.54. The Labute approximate surface area is 215 Å². The zero-order valence-corrected chi connectivity index (χ0v) is 22.0. The van der Waals surface area contributed by atoms with E-state index >= 15 is 0 Å². The van der Waals surface area contributed by atoms with E-state index in [0.29, 0.717) is 11.3 Å². The molecule has 194 valence electrons. The monoisotopic (exact) mass is 537 g/mol. The van der Waals surface area contributed by atoms with E-state index in [0.717, 1.165) is 11.3 Å². The van der Waals surface area contributed by atoms with E-state index in [1.807, 2.05) is 0 Å². The molecule has 0 aromatic carbocycles. The Morgan fingerprint density at radius 1 is 1.33 bits per heavy atom. The van der Waals surface area contributed by atoms with E-state index in [1.165, 1.54) is 23.8 Å². The normalized spacial score (nSPS) is 20.1. The highest BCUT2D eigenvalue weighted by Crippen LogP contribution is 2.41. The third-order valence-electron chi connectivity index (χ3n) is 5.00. The Balaban J connectivity index is 1.74. The molecule has 0 saturated carbocycles. The summed E-state index contributed by atoms with van der Waals surface area (Å²) >= 11 is 2.50. The van der Waals surface area contributed by atoms with E-state index in [2.05, 4.69) is 15.5 Å². The Hall–Kier alpha value is -3.39. The van der Waals surface area contributed by atoms with Crippen molar-refractivity contribution in [3.63, 3.8) is 0 Å². The number of nitrogens with two attached hydrogens (primary N) is 1. The van der Waals surface area contributed by atoms with Crippen LogP contribution < -0.4 is 11.1 Å². The Morgan fingerprint density at radius 2 is 2.06 bits per heavy atom. The molecule has 2 aliphatic heterocycles. The minimum absolute atomic E-state index is 0.0391. The Bertz CT molecular complexity index is 1150. The van der Waals surface area contributed by atoms with Crippen LogP contribution in [0.5, 0.6) is 0 Å². The van der Waals surface area contributed by atoms with Gasteiger partial charge in [0.2, 0.25) is 6.79 Å². The number of hydrogen-bond donors (Lipinski definition) is 2. The largest absolute Gasteiger partial charge is 0.427 e. The molecule has 3 rings (SSSR count). The maximum atomic E-state index is 13.1. The molecule has 0 aliphatic carbocycles. The number of fused-ring (bicyclic) bond motifs is 1.